The number of halogens is 1. The van der Waals surface area contributed by atoms with Gasteiger partial charge in [-0.3, -0.25) is 0 Å². The number of aromatic amines is 2. The number of hydrogen-bond acceptors (Lipinski definition) is 5. The Morgan fingerprint density at radius 3 is 2.75 bits per heavy atom. The first-order valence-electron chi connectivity index (χ1n) is 9.03. The van der Waals surface area contributed by atoms with Crippen LogP contribution in [0.15, 0.2) is 27.9 Å². The van der Waals surface area contributed by atoms with Crippen LogP contribution in [0.4, 0.5) is 15.8 Å². The third kappa shape index (κ3) is 2.74. The van der Waals surface area contributed by atoms with Crippen molar-refractivity contribution < 1.29 is 4.39 Å². The molecule has 5 rings (SSSR count). The fraction of sp³-hybridized carbons (Fsp3) is 0.263. The van der Waals surface area contributed by atoms with Gasteiger partial charge in [0.05, 0.1) is 0 Å². The Kier molecular flexibility index (Phi) is 4.04. The standard InChI is InChI=1S/C19H19FN6OSe/c1-25-3-5-26(6-4-25)14-9-13-12(8-10(14)20)22-18(23-13)15-16(21)17-11(2-7-28-17)24-19(15)27/h2,7-9H,3-6H2,1H3,(H,22,23)(H3,21,24,27). The van der Waals surface area contributed by atoms with E-state index in [9.17, 15) is 9.18 Å². The number of nitrogens with one attached hydrogen (secondary N) is 2. The average Bonchev–Trinajstić information content (AvgIpc) is 3.28. The molecule has 1 fully saturated rings. The second-order valence-corrected chi connectivity index (χ2v) is 9.02. The van der Waals surface area contributed by atoms with Crippen LogP contribution >= 0.6 is 0 Å². The summed E-state index contributed by atoms with van der Waals surface area (Å²) in [5, 5.41) is 0. The van der Waals surface area contributed by atoms with Gasteiger partial charge in [-0.25, -0.2) is 0 Å². The Morgan fingerprint density at radius 1 is 1.18 bits per heavy atom. The van der Waals surface area contributed by atoms with E-state index in [1.54, 1.807) is 6.07 Å². The van der Waals surface area contributed by atoms with Crippen molar-refractivity contribution in [2.24, 2.45) is 0 Å². The van der Waals surface area contributed by atoms with Gasteiger partial charge < -0.3 is 0 Å². The molecule has 0 radical (unpaired) electrons. The molecular weight excluding hydrogens is 426 g/mol. The molecule has 28 heavy (non-hydrogen) atoms. The molecule has 0 aliphatic carbocycles. The summed E-state index contributed by atoms with van der Waals surface area (Å²) < 4.78 is 15.7. The zero-order valence-electron chi connectivity index (χ0n) is 15.3. The SMILES string of the molecule is CN1CCN(c2cc3nc(-c4c(N)c5[se]ccc5[nH]c4=O)[nH]c3cc2F)CC1. The number of pyridine rings is 1. The van der Waals surface area contributed by atoms with Crippen LogP contribution in [0.25, 0.3) is 32.2 Å². The number of H-pyrrole nitrogens is 2. The molecule has 4 N–H and O–H groups in total. The van der Waals surface area contributed by atoms with Crippen LogP contribution in [0.1, 0.15) is 0 Å². The van der Waals surface area contributed by atoms with E-state index in [1.807, 2.05) is 15.9 Å². The number of aromatic nitrogens is 3. The van der Waals surface area contributed by atoms with E-state index >= 15 is 0 Å². The predicted molar refractivity (Wildman–Crippen MR) is 111 cm³/mol. The molecule has 0 amide bonds. The van der Waals surface area contributed by atoms with E-state index in [0.29, 0.717) is 33.8 Å². The molecule has 1 aliphatic rings. The topological polar surface area (TPSA) is 94.0 Å². The van der Waals surface area contributed by atoms with Gasteiger partial charge in [0.25, 0.3) is 0 Å². The number of fused-ring (bicyclic) bond motifs is 2. The van der Waals surface area contributed by atoms with Gasteiger partial charge in [-0.15, -0.1) is 0 Å². The minimum absolute atomic E-state index is 0.0884. The molecule has 0 bridgehead atoms. The van der Waals surface area contributed by atoms with Crippen LogP contribution < -0.4 is 16.2 Å². The molecule has 0 atom stereocenters. The van der Waals surface area contributed by atoms with Gasteiger partial charge in [0.1, 0.15) is 0 Å². The number of nitrogens with zero attached hydrogens (tertiary/aromatic N) is 3. The number of hydrogen-bond donors (Lipinski definition) is 3. The summed E-state index contributed by atoms with van der Waals surface area (Å²) in [6.07, 6.45) is 0. The second-order valence-electron chi connectivity index (χ2n) is 7.10. The Labute approximate surface area is 165 Å². The number of rotatable bonds is 2. The molecule has 1 saturated heterocycles. The van der Waals surface area contributed by atoms with Gasteiger partial charge in [0.15, 0.2) is 0 Å². The molecule has 0 spiro atoms. The molecule has 9 heteroatoms. The number of likely N-dealkylation sites (N-methyl/N-ethyl adjacent to an activating group) is 1. The van der Waals surface area contributed by atoms with Gasteiger partial charge in [-0.1, -0.05) is 0 Å². The maximum atomic E-state index is 14.7. The first-order valence-corrected chi connectivity index (χ1v) is 10.9. The summed E-state index contributed by atoms with van der Waals surface area (Å²) >= 11 is 0.0884. The van der Waals surface area contributed by atoms with E-state index in [2.05, 4.69) is 26.9 Å². The Bertz CT molecular complexity index is 1250. The fourth-order valence-corrected chi connectivity index (χ4v) is 5.41. The molecule has 3 aromatic heterocycles. The minimum atomic E-state index is -0.296. The third-order valence-corrected chi connectivity index (χ3v) is 7.27. The van der Waals surface area contributed by atoms with Gasteiger partial charge in [-0.05, 0) is 7.05 Å². The molecular formula is C19H19FN6OSe. The number of nitrogen functional groups attached to an aromatic ring is 1. The van der Waals surface area contributed by atoms with Crippen molar-refractivity contribution in [3.8, 4) is 11.4 Å². The van der Waals surface area contributed by atoms with Gasteiger partial charge >= 0.3 is 158 Å². The summed E-state index contributed by atoms with van der Waals surface area (Å²) in [5.74, 6) is 0.0739. The number of imidazole rings is 1. The first kappa shape index (κ1) is 17.5. The van der Waals surface area contributed by atoms with Crippen molar-refractivity contribution in [3.05, 3.63) is 39.3 Å². The molecule has 4 aromatic rings. The zero-order valence-corrected chi connectivity index (χ0v) is 17.0. The molecule has 0 saturated carbocycles. The molecule has 4 heterocycles. The molecule has 1 aromatic carbocycles. The van der Waals surface area contributed by atoms with E-state index in [-0.39, 0.29) is 25.9 Å². The second kappa shape index (κ2) is 6.48. The van der Waals surface area contributed by atoms with E-state index in [1.165, 1.54) is 6.07 Å². The Morgan fingerprint density at radius 2 is 1.96 bits per heavy atom. The summed E-state index contributed by atoms with van der Waals surface area (Å²) in [4.78, 5) is 29.4. The van der Waals surface area contributed by atoms with Gasteiger partial charge in [-0.2, -0.15) is 0 Å². The summed E-state index contributed by atoms with van der Waals surface area (Å²) in [6, 6.07) is 5.08. The monoisotopic (exact) mass is 446 g/mol. The third-order valence-electron chi connectivity index (χ3n) is 5.29. The number of nitrogens with two attached hydrogens (primary N) is 1. The van der Waals surface area contributed by atoms with Crippen LogP contribution in [-0.2, 0) is 0 Å². The van der Waals surface area contributed by atoms with Gasteiger partial charge in [0, 0.05) is 0 Å². The van der Waals surface area contributed by atoms with Gasteiger partial charge in [0.2, 0.25) is 0 Å². The predicted octanol–water partition coefficient (Wildman–Crippen LogP) is 1.60. The van der Waals surface area contributed by atoms with Crippen molar-refractivity contribution in [2.75, 3.05) is 43.9 Å². The van der Waals surface area contributed by atoms with E-state index in [0.717, 1.165) is 36.0 Å². The van der Waals surface area contributed by atoms with Crippen LogP contribution in [-0.4, -0.2) is 67.6 Å². The van der Waals surface area contributed by atoms with Crippen molar-refractivity contribution in [2.45, 2.75) is 0 Å². The summed E-state index contributed by atoms with van der Waals surface area (Å²) in [6.45, 7) is 3.31. The molecule has 0 unspecified atom stereocenters. The van der Waals surface area contributed by atoms with Crippen LogP contribution in [0.5, 0.6) is 0 Å². The van der Waals surface area contributed by atoms with E-state index < -0.39 is 0 Å². The molecule has 144 valence electrons. The van der Waals surface area contributed by atoms with Crippen LogP contribution in [0.2, 0.25) is 0 Å². The fourth-order valence-electron chi connectivity index (χ4n) is 3.70. The number of benzene rings is 1. The normalized spacial score (nSPS) is 15.7. The maximum absolute atomic E-state index is 14.7. The Balaban J connectivity index is 1.62. The van der Waals surface area contributed by atoms with Crippen molar-refractivity contribution in [3.63, 3.8) is 0 Å². The Hall–Kier alpha value is -2.61. The summed E-state index contributed by atoms with van der Waals surface area (Å²) in [5.41, 5.74) is 9.24. The van der Waals surface area contributed by atoms with Crippen molar-refractivity contribution in [1.29, 1.82) is 0 Å². The average molecular weight is 445 g/mol. The molecule has 1 aliphatic heterocycles. The first-order chi connectivity index (χ1) is 13.5. The number of piperazine rings is 1. The summed E-state index contributed by atoms with van der Waals surface area (Å²) in [7, 11) is 2.06. The van der Waals surface area contributed by atoms with Crippen LogP contribution in [0.3, 0.4) is 0 Å². The van der Waals surface area contributed by atoms with E-state index in [4.69, 9.17) is 5.73 Å². The van der Waals surface area contributed by atoms with Crippen molar-refractivity contribution >= 4 is 46.7 Å². The molecule has 7 nitrogen and oxygen atoms in total. The van der Waals surface area contributed by atoms with Crippen molar-refractivity contribution in [1.82, 2.24) is 19.9 Å². The number of anilines is 2. The zero-order chi connectivity index (χ0) is 19.4. The quantitative estimate of drug-likeness (QED) is 0.408. The van der Waals surface area contributed by atoms with Crippen LogP contribution in [0, 0.1) is 5.82 Å².